The summed E-state index contributed by atoms with van der Waals surface area (Å²) < 4.78 is 16.5. The molecule has 0 aliphatic heterocycles. The Morgan fingerprint density at radius 1 is 0.480 bits per heavy atom. The van der Waals surface area contributed by atoms with Crippen molar-refractivity contribution in [3.63, 3.8) is 0 Å². The van der Waals surface area contributed by atoms with Crippen molar-refractivity contribution < 1.29 is 53.2 Å². The van der Waals surface area contributed by atoms with Gasteiger partial charge in [-0.3, -0.25) is 19.2 Å². The maximum Gasteiger partial charge on any atom is 0.326 e. The van der Waals surface area contributed by atoms with Gasteiger partial charge >= 0.3 is 11.9 Å². The Balaban J connectivity index is 3.40. The molecular weight excluding hydrogens is 650 g/mol. The van der Waals surface area contributed by atoms with Crippen LogP contribution in [-0.4, -0.2) is 104 Å². The van der Waals surface area contributed by atoms with Crippen LogP contribution >= 0.6 is 0 Å². The van der Waals surface area contributed by atoms with Gasteiger partial charge in [0.1, 0.15) is 11.8 Å². The smallest absolute Gasteiger partial charge is 0.326 e. The number of carboxylic acid groups (broad SMARTS) is 2. The Morgan fingerprint density at radius 3 is 1.32 bits per heavy atom. The maximum atomic E-state index is 12.0. The summed E-state index contributed by atoms with van der Waals surface area (Å²) in [6.45, 7) is 5.05. The number of hydrogen-bond acceptors (Lipinski definition) is 9. The summed E-state index contributed by atoms with van der Waals surface area (Å²) in [5.74, 6) is -2.86. The Hall–Kier alpha value is -3.10. The Kier molecular flexibility index (Phi) is 32.2. The predicted octanol–water partition coefficient (Wildman–Crippen LogP) is 4.31. The molecule has 14 nitrogen and oxygen atoms in total. The number of ketones is 1. The van der Waals surface area contributed by atoms with Gasteiger partial charge < -0.3 is 45.2 Å². The first kappa shape index (κ1) is 46.9. The van der Waals surface area contributed by atoms with Crippen LogP contribution in [-0.2, 0) is 43.0 Å². The molecule has 0 saturated heterocycles. The van der Waals surface area contributed by atoms with Crippen LogP contribution in [0.4, 0.5) is 0 Å². The zero-order valence-electron chi connectivity index (χ0n) is 30.4. The summed E-state index contributed by atoms with van der Waals surface area (Å²) in [5, 5.41) is 25.7. The Bertz CT molecular complexity index is 933. The number of unbranched alkanes of at least 4 members (excludes halogenated alkanes) is 11. The van der Waals surface area contributed by atoms with E-state index in [1.54, 1.807) is 0 Å². The molecule has 0 aliphatic carbocycles. The largest absolute Gasteiger partial charge is 0.481 e. The van der Waals surface area contributed by atoms with Crippen LogP contribution in [0.25, 0.3) is 0 Å². The van der Waals surface area contributed by atoms with E-state index in [0.29, 0.717) is 65.6 Å². The van der Waals surface area contributed by atoms with Crippen molar-refractivity contribution in [3.05, 3.63) is 0 Å². The molecule has 0 saturated carbocycles. The molecule has 0 aromatic carbocycles. The predicted molar refractivity (Wildman–Crippen MR) is 189 cm³/mol. The van der Waals surface area contributed by atoms with E-state index in [9.17, 15) is 28.8 Å². The molecule has 0 spiro atoms. The molecule has 1 unspecified atom stereocenters. The van der Waals surface area contributed by atoms with E-state index in [1.165, 1.54) is 51.9 Å². The van der Waals surface area contributed by atoms with Gasteiger partial charge in [-0.25, -0.2) is 4.79 Å². The van der Waals surface area contributed by atoms with E-state index in [4.69, 9.17) is 24.4 Å². The highest BCUT2D eigenvalue weighted by molar-refractivity contribution is 5.87. The Labute approximate surface area is 298 Å². The lowest BCUT2D eigenvalue weighted by Crippen LogP contribution is -2.41. The fourth-order valence-corrected chi connectivity index (χ4v) is 4.95. The summed E-state index contributed by atoms with van der Waals surface area (Å²) in [7, 11) is 0. The van der Waals surface area contributed by atoms with E-state index in [0.717, 1.165) is 38.5 Å². The van der Waals surface area contributed by atoms with Crippen LogP contribution in [0.2, 0.25) is 0 Å². The molecule has 0 aromatic heterocycles. The number of carboxylic acids is 2. The number of carbonyl (C=O) groups excluding carboxylic acids is 4. The third-order valence-electron chi connectivity index (χ3n) is 7.86. The van der Waals surface area contributed by atoms with Crippen LogP contribution in [0, 0.1) is 0 Å². The number of carbonyl (C=O) groups is 6. The second-order valence-electron chi connectivity index (χ2n) is 12.6. The van der Waals surface area contributed by atoms with Crippen molar-refractivity contribution in [1.29, 1.82) is 0 Å². The van der Waals surface area contributed by atoms with Gasteiger partial charge in [-0.05, 0) is 39.0 Å². The van der Waals surface area contributed by atoms with E-state index in [-0.39, 0.29) is 49.7 Å². The molecule has 3 amide bonds. The summed E-state index contributed by atoms with van der Waals surface area (Å²) >= 11 is 0. The van der Waals surface area contributed by atoms with Gasteiger partial charge in [-0.1, -0.05) is 64.2 Å². The van der Waals surface area contributed by atoms with Gasteiger partial charge in [0.15, 0.2) is 0 Å². The van der Waals surface area contributed by atoms with Crippen molar-refractivity contribution in [2.24, 2.45) is 0 Å². The molecule has 5 N–H and O–H groups in total. The number of nitrogens with one attached hydrogen (secondary N) is 3. The maximum absolute atomic E-state index is 12.0. The van der Waals surface area contributed by atoms with E-state index < -0.39 is 23.9 Å². The zero-order chi connectivity index (χ0) is 37.1. The van der Waals surface area contributed by atoms with Gasteiger partial charge in [-0.2, -0.15) is 0 Å². The minimum Gasteiger partial charge on any atom is -0.481 e. The van der Waals surface area contributed by atoms with Crippen LogP contribution in [0.5, 0.6) is 0 Å². The molecule has 0 rings (SSSR count). The fraction of sp³-hybridized carbons (Fsp3) is 0.833. The lowest BCUT2D eigenvalue weighted by molar-refractivity contribution is -0.142. The number of Topliss-reactive ketones (excluding diaryl/α,β-unsaturated/α-hetero) is 1. The monoisotopic (exact) mass is 715 g/mol. The molecule has 290 valence electrons. The fourth-order valence-electron chi connectivity index (χ4n) is 4.95. The molecular formula is C36H65N3O11. The van der Waals surface area contributed by atoms with Crippen molar-refractivity contribution in [1.82, 2.24) is 16.0 Å². The highest BCUT2D eigenvalue weighted by Gasteiger charge is 2.20. The molecule has 0 bridgehead atoms. The number of amides is 3. The third kappa shape index (κ3) is 34.8. The molecule has 14 heteroatoms. The number of aliphatic carboxylic acids is 2. The van der Waals surface area contributed by atoms with Gasteiger partial charge in [-0.15, -0.1) is 0 Å². The number of rotatable bonds is 37. The molecule has 1 atom stereocenters. The second-order valence-corrected chi connectivity index (χ2v) is 12.6. The first-order valence-electron chi connectivity index (χ1n) is 18.6. The normalized spacial score (nSPS) is 11.5. The standard InChI is InChI=1S/C36H65N3O11/c1-30(40)18-19-31(36(46)47)39-34(43)21-20-33(42)38-23-15-25-49-27-29-50-28-26-48-24-14-22-37-32(41)16-12-10-8-6-4-2-3-5-7-9-11-13-17-35(44)45/h31H,2-29H2,1H3,(H,37,41)(H,38,42)(H,39,43)(H,44,45)(H,46,47). The van der Waals surface area contributed by atoms with Gasteiger partial charge in [0.2, 0.25) is 17.7 Å². The minimum atomic E-state index is -1.22. The molecule has 0 aromatic rings. The van der Waals surface area contributed by atoms with Crippen molar-refractivity contribution in [3.8, 4) is 0 Å². The zero-order valence-corrected chi connectivity index (χ0v) is 30.4. The highest BCUT2D eigenvalue weighted by Crippen LogP contribution is 2.13. The first-order chi connectivity index (χ1) is 24.1. The van der Waals surface area contributed by atoms with E-state index >= 15 is 0 Å². The molecule has 50 heavy (non-hydrogen) atoms. The van der Waals surface area contributed by atoms with Crippen LogP contribution in [0.3, 0.4) is 0 Å². The van der Waals surface area contributed by atoms with E-state index in [2.05, 4.69) is 16.0 Å². The molecule has 0 aliphatic rings. The second kappa shape index (κ2) is 34.4. The summed E-state index contributed by atoms with van der Waals surface area (Å²) in [5.41, 5.74) is 0. The summed E-state index contributed by atoms with van der Waals surface area (Å²) in [4.78, 5) is 68.5. The van der Waals surface area contributed by atoms with Crippen LogP contribution < -0.4 is 16.0 Å². The number of ether oxygens (including phenoxy) is 3. The SMILES string of the molecule is CC(=O)CCC(NC(=O)CCC(=O)NCCCOCCOCCOCCCNC(=O)CCCCCCCCCCCCCCC(=O)O)C(=O)O. The van der Waals surface area contributed by atoms with E-state index in [1.807, 2.05) is 0 Å². The quantitative estimate of drug-likeness (QED) is 0.0573. The topological polar surface area (TPSA) is 207 Å². The highest BCUT2D eigenvalue weighted by atomic mass is 16.5. The van der Waals surface area contributed by atoms with Crippen LogP contribution in [0.1, 0.15) is 135 Å². The molecule has 0 fully saturated rings. The number of hydrogen-bond donors (Lipinski definition) is 5. The van der Waals surface area contributed by atoms with Crippen LogP contribution in [0.15, 0.2) is 0 Å². The van der Waals surface area contributed by atoms with Gasteiger partial charge in [0.05, 0.1) is 26.4 Å². The van der Waals surface area contributed by atoms with Crippen molar-refractivity contribution in [2.75, 3.05) is 52.7 Å². The van der Waals surface area contributed by atoms with Crippen molar-refractivity contribution in [2.45, 2.75) is 141 Å². The first-order valence-corrected chi connectivity index (χ1v) is 18.6. The average molecular weight is 716 g/mol. The van der Waals surface area contributed by atoms with Crippen molar-refractivity contribution >= 4 is 35.4 Å². The molecule has 0 heterocycles. The minimum absolute atomic E-state index is 0.0106. The molecule has 0 radical (unpaired) electrons. The Morgan fingerprint density at radius 2 is 0.880 bits per heavy atom. The lowest BCUT2D eigenvalue weighted by atomic mass is 10.0. The average Bonchev–Trinajstić information content (AvgIpc) is 3.07. The third-order valence-corrected chi connectivity index (χ3v) is 7.86. The summed E-state index contributed by atoms with van der Waals surface area (Å²) in [6, 6.07) is -1.15. The van der Waals surface area contributed by atoms with Gasteiger partial charge in [0.25, 0.3) is 0 Å². The van der Waals surface area contributed by atoms with Gasteiger partial charge in [0, 0.05) is 58.4 Å². The summed E-state index contributed by atoms with van der Waals surface area (Å²) in [6.07, 6.45) is 15.5. The lowest BCUT2D eigenvalue weighted by Gasteiger charge is -2.13.